The van der Waals surface area contributed by atoms with Crippen LogP contribution in [0.15, 0.2) is 106 Å². The summed E-state index contributed by atoms with van der Waals surface area (Å²) in [5.74, 6) is 1.10. The SMILES string of the molecule is COc1c(OCc2ccccc2)cc2oc(-c3ccc(OCc4ccccc4)cc3)cc(=O)c2c1O. The minimum atomic E-state index is -0.388. The molecule has 0 aliphatic heterocycles. The zero-order valence-electron chi connectivity index (χ0n) is 19.6. The summed E-state index contributed by atoms with van der Waals surface area (Å²) in [7, 11) is 1.41. The van der Waals surface area contributed by atoms with Crippen LogP contribution in [0.2, 0.25) is 0 Å². The van der Waals surface area contributed by atoms with Crippen LogP contribution in [0.1, 0.15) is 11.1 Å². The van der Waals surface area contributed by atoms with Crippen LogP contribution in [0.25, 0.3) is 22.3 Å². The number of phenols is 1. The van der Waals surface area contributed by atoms with Crippen molar-refractivity contribution in [3.8, 4) is 34.3 Å². The van der Waals surface area contributed by atoms with Crippen LogP contribution >= 0.6 is 0 Å². The predicted octanol–water partition coefficient (Wildman–Crippen LogP) is 6.33. The number of benzene rings is 4. The Morgan fingerprint density at radius 2 is 1.39 bits per heavy atom. The van der Waals surface area contributed by atoms with E-state index in [1.165, 1.54) is 13.2 Å². The normalized spacial score (nSPS) is 10.8. The topological polar surface area (TPSA) is 78.1 Å². The molecular weight excluding hydrogens is 456 g/mol. The standard InChI is InChI=1S/C30H24O6/c1-33-30-27(35-19-21-10-6-3-7-11-21)17-26-28(29(30)32)24(31)16-25(36-26)22-12-14-23(15-13-22)34-18-20-8-4-2-5-9-20/h2-17,32H,18-19H2,1H3. The molecule has 0 aliphatic rings. The maximum atomic E-state index is 12.9. The number of fused-ring (bicyclic) bond motifs is 1. The third-order valence-corrected chi connectivity index (χ3v) is 5.74. The lowest BCUT2D eigenvalue weighted by atomic mass is 10.1. The van der Waals surface area contributed by atoms with Crippen LogP contribution in [-0.2, 0) is 13.2 Å². The molecule has 0 aliphatic carbocycles. The van der Waals surface area contributed by atoms with Crippen molar-refractivity contribution in [3.63, 3.8) is 0 Å². The van der Waals surface area contributed by atoms with Gasteiger partial charge in [0.15, 0.2) is 16.9 Å². The van der Waals surface area contributed by atoms with Crippen molar-refractivity contribution in [2.75, 3.05) is 7.11 Å². The van der Waals surface area contributed by atoms with Crippen LogP contribution in [0.4, 0.5) is 0 Å². The first-order valence-corrected chi connectivity index (χ1v) is 11.4. The first-order chi connectivity index (χ1) is 17.6. The van der Waals surface area contributed by atoms with E-state index in [0.29, 0.717) is 23.7 Å². The fourth-order valence-corrected chi connectivity index (χ4v) is 3.90. The average molecular weight is 481 g/mol. The fraction of sp³-hybridized carbons (Fsp3) is 0.100. The van der Waals surface area contributed by atoms with E-state index in [1.54, 1.807) is 6.07 Å². The lowest BCUT2D eigenvalue weighted by Gasteiger charge is -2.14. The molecule has 6 nitrogen and oxygen atoms in total. The van der Waals surface area contributed by atoms with Crippen molar-refractivity contribution in [2.24, 2.45) is 0 Å². The molecule has 5 aromatic rings. The van der Waals surface area contributed by atoms with Crippen molar-refractivity contribution < 1.29 is 23.7 Å². The molecule has 1 heterocycles. The number of hydrogen-bond donors (Lipinski definition) is 1. The molecule has 0 unspecified atom stereocenters. The molecule has 0 radical (unpaired) electrons. The smallest absolute Gasteiger partial charge is 0.204 e. The summed E-state index contributed by atoms with van der Waals surface area (Å²) in [5.41, 5.74) is 2.53. The van der Waals surface area contributed by atoms with E-state index < -0.39 is 0 Å². The molecule has 0 bridgehead atoms. The van der Waals surface area contributed by atoms with E-state index in [1.807, 2.05) is 84.9 Å². The summed E-state index contributed by atoms with van der Waals surface area (Å²) in [6.07, 6.45) is 0. The lowest BCUT2D eigenvalue weighted by molar-refractivity contribution is 0.278. The number of phenolic OH excluding ortho intramolecular Hbond substituents is 1. The van der Waals surface area contributed by atoms with E-state index >= 15 is 0 Å². The van der Waals surface area contributed by atoms with Gasteiger partial charge in [0.25, 0.3) is 0 Å². The molecule has 0 fully saturated rings. The quantitative estimate of drug-likeness (QED) is 0.280. The van der Waals surface area contributed by atoms with Crippen LogP contribution in [0, 0.1) is 0 Å². The molecule has 0 atom stereocenters. The Labute approximate surface area is 207 Å². The molecule has 0 spiro atoms. The largest absolute Gasteiger partial charge is 0.504 e. The zero-order chi connectivity index (χ0) is 24.9. The first kappa shape index (κ1) is 23.1. The summed E-state index contributed by atoms with van der Waals surface area (Å²) in [6, 6.07) is 29.7. The highest BCUT2D eigenvalue weighted by Crippen LogP contribution is 2.42. The molecule has 1 N–H and O–H groups in total. The van der Waals surface area contributed by atoms with Crippen molar-refractivity contribution in [2.45, 2.75) is 13.2 Å². The molecule has 180 valence electrons. The number of aromatic hydroxyl groups is 1. The van der Waals surface area contributed by atoms with Crippen molar-refractivity contribution in [1.29, 1.82) is 0 Å². The van der Waals surface area contributed by atoms with Gasteiger partial charge in [-0.2, -0.15) is 0 Å². The van der Waals surface area contributed by atoms with Gasteiger partial charge in [-0.1, -0.05) is 60.7 Å². The number of methoxy groups -OCH3 is 1. The molecule has 0 saturated heterocycles. The zero-order valence-corrected chi connectivity index (χ0v) is 19.6. The highest BCUT2D eigenvalue weighted by atomic mass is 16.5. The van der Waals surface area contributed by atoms with Gasteiger partial charge in [0.05, 0.1) is 7.11 Å². The summed E-state index contributed by atoms with van der Waals surface area (Å²) in [6.45, 7) is 0.717. The third-order valence-electron chi connectivity index (χ3n) is 5.74. The summed E-state index contributed by atoms with van der Waals surface area (Å²) in [4.78, 5) is 12.9. The Morgan fingerprint density at radius 3 is 2.00 bits per heavy atom. The molecule has 5 rings (SSSR count). The summed E-state index contributed by atoms with van der Waals surface area (Å²) in [5, 5.41) is 10.8. The van der Waals surface area contributed by atoms with Gasteiger partial charge in [-0.25, -0.2) is 0 Å². The first-order valence-electron chi connectivity index (χ1n) is 11.4. The van der Waals surface area contributed by atoms with Crippen LogP contribution < -0.4 is 19.6 Å². The minimum absolute atomic E-state index is 0.0328. The molecule has 6 heteroatoms. The van der Waals surface area contributed by atoms with E-state index in [0.717, 1.165) is 11.1 Å². The molecule has 0 amide bonds. The highest BCUT2D eigenvalue weighted by Gasteiger charge is 2.20. The van der Waals surface area contributed by atoms with Crippen LogP contribution in [0.5, 0.6) is 23.0 Å². The Morgan fingerprint density at radius 1 is 0.778 bits per heavy atom. The number of ether oxygens (including phenoxy) is 3. The number of rotatable bonds is 8. The molecular formula is C30H24O6. The lowest BCUT2D eigenvalue weighted by Crippen LogP contribution is -2.04. The molecule has 1 aromatic heterocycles. The van der Waals surface area contributed by atoms with Gasteiger partial charge < -0.3 is 23.7 Å². The molecule has 4 aromatic carbocycles. The molecule has 0 saturated carbocycles. The van der Waals surface area contributed by atoms with Crippen molar-refractivity contribution in [3.05, 3.63) is 118 Å². The monoisotopic (exact) mass is 480 g/mol. The van der Waals surface area contributed by atoms with Crippen molar-refractivity contribution >= 4 is 11.0 Å². The van der Waals surface area contributed by atoms with Gasteiger partial charge >= 0.3 is 0 Å². The second-order valence-corrected chi connectivity index (χ2v) is 8.18. The summed E-state index contributed by atoms with van der Waals surface area (Å²) >= 11 is 0. The Balaban J connectivity index is 1.43. The summed E-state index contributed by atoms with van der Waals surface area (Å²) < 4.78 is 23.1. The fourth-order valence-electron chi connectivity index (χ4n) is 3.90. The third kappa shape index (κ3) is 4.88. The van der Waals surface area contributed by atoms with Crippen molar-refractivity contribution in [1.82, 2.24) is 0 Å². The van der Waals surface area contributed by atoms with E-state index in [-0.39, 0.29) is 40.3 Å². The number of hydrogen-bond acceptors (Lipinski definition) is 6. The maximum Gasteiger partial charge on any atom is 0.204 e. The minimum Gasteiger partial charge on any atom is -0.504 e. The van der Waals surface area contributed by atoms with Gasteiger partial charge in [-0.3, -0.25) is 4.79 Å². The van der Waals surface area contributed by atoms with Crippen LogP contribution in [0.3, 0.4) is 0 Å². The van der Waals surface area contributed by atoms with Gasteiger partial charge in [-0.05, 0) is 35.4 Å². The highest BCUT2D eigenvalue weighted by molar-refractivity contribution is 5.89. The molecule has 36 heavy (non-hydrogen) atoms. The second kappa shape index (κ2) is 10.3. The Bertz CT molecular complexity index is 1520. The van der Waals surface area contributed by atoms with Gasteiger partial charge in [0.1, 0.15) is 35.7 Å². The Kier molecular flexibility index (Phi) is 6.58. The van der Waals surface area contributed by atoms with Gasteiger partial charge in [0.2, 0.25) is 5.75 Å². The van der Waals surface area contributed by atoms with Gasteiger partial charge in [0, 0.05) is 17.7 Å². The predicted molar refractivity (Wildman–Crippen MR) is 138 cm³/mol. The Hall–Kier alpha value is -4.71. The van der Waals surface area contributed by atoms with E-state index in [2.05, 4.69) is 0 Å². The van der Waals surface area contributed by atoms with E-state index in [9.17, 15) is 9.90 Å². The average Bonchev–Trinajstić information content (AvgIpc) is 2.92. The maximum absolute atomic E-state index is 12.9. The van der Waals surface area contributed by atoms with Gasteiger partial charge in [-0.15, -0.1) is 0 Å². The van der Waals surface area contributed by atoms with E-state index in [4.69, 9.17) is 18.6 Å². The second-order valence-electron chi connectivity index (χ2n) is 8.18. The van der Waals surface area contributed by atoms with Crippen LogP contribution in [-0.4, -0.2) is 12.2 Å².